The first-order valence-electron chi connectivity index (χ1n) is 6.76. The summed E-state index contributed by atoms with van der Waals surface area (Å²) in [4.78, 5) is 11.6. The van der Waals surface area contributed by atoms with Crippen molar-refractivity contribution in [1.29, 1.82) is 0 Å². The lowest BCUT2D eigenvalue weighted by atomic mass is 10.0. The van der Waals surface area contributed by atoms with Crippen molar-refractivity contribution in [3.63, 3.8) is 0 Å². The zero-order chi connectivity index (χ0) is 16.3. The molecule has 1 aliphatic carbocycles. The number of carbonyl (C=O) groups is 1. The molecule has 7 nitrogen and oxygen atoms in total. The van der Waals surface area contributed by atoms with E-state index in [-0.39, 0.29) is 5.56 Å². The Morgan fingerprint density at radius 1 is 1.50 bits per heavy atom. The summed E-state index contributed by atoms with van der Waals surface area (Å²) in [6, 6.07) is 4.46. The second-order valence-electron chi connectivity index (χ2n) is 5.35. The minimum Gasteiger partial charge on any atom is -0.750 e. The zero-order valence-electron chi connectivity index (χ0n) is 12.4. The first-order valence-corrected chi connectivity index (χ1v) is 7.76. The predicted octanol–water partition coefficient (Wildman–Crippen LogP) is 1.20. The first kappa shape index (κ1) is 16.9. The maximum absolute atomic E-state index is 11.6. The number of hydrogen-bond donors (Lipinski definition) is 1. The molecule has 0 bridgehead atoms. The van der Waals surface area contributed by atoms with E-state index in [4.69, 9.17) is 14.7 Å². The number of esters is 1. The number of benzene rings is 1. The molecule has 0 aliphatic heterocycles. The average molecular weight is 328 g/mol. The van der Waals surface area contributed by atoms with Crippen LogP contribution in [0.25, 0.3) is 0 Å². The Bertz CT molecular complexity index is 585. The average Bonchev–Trinajstić information content (AvgIpc) is 3.26. The largest absolute Gasteiger partial charge is 0.750 e. The molecule has 0 spiro atoms. The van der Waals surface area contributed by atoms with E-state index in [2.05, 4.69) is 4.74 Å². The molecule has 8 heteroatoms. The number of methoxy groups -OCH3 is 1. The van der Waals surface area contributed by atoms with E-state index in [1.54, 1.807) is 0 Å². The van der Waals surface area contributed by atoms with E-state index in [1.807, 2.05) is 0 Å². The molecule has 2 unspecified atom stereocenters. The van der Waals surface area contributed by atoms with Crippen molar-refractivity contribution < 1.29 is 27.2 Å². The van der Waals surface area contributed by atoms with E-state index in [0.717, 1.165) is 12.8 Å². The highest BCUT2D eigenvalue weighted by molar-refractivity contribution is 7.74. The Kier molecular flexibility index (Phi) is 5.17. The Hall–Kier alpha value is -1.48. The van der Waals surface area contributed by atoms with Gasteiger partial charge < -0.3 is 14.0 Å². The van der Waals surface area contributed by atoms with Crippen molar-refractivity contribution >= 4 is 17.3 Å². The third-order valence-corrected chi connectivity index (χ3v) is 3.83. The fourth-order valence-corrected chi connectivity index (χ4v) is 2.35. The normalized spacial score (nSPS) is 18.4. The number of ether oxygens (including phenoxy) is 2. The maximum Gasteiger partial charge on any atom is 0.337 e. The monoisotopic (exact) mass is 328 g/mol. The standard InChI is InChI=1S/C14H19NO6S/c1-14(15,21-22(17)18)11-6-5-10(13(16)19-2)7-12(11)20-8-9-3-4-9/h5-7,9H,3-4,8,15H2,1-2H3,(H,17,18)/p-1. The van der Waals surface area contributed by atoms with Crippen LogP contribution in [0.15, 0.2) is 18.2 Å². The zero-order valence-corrected chi connectivity index (χ0v) is 13.2. The van der Waals surface area contributed by atoms with E-state index in [1.165, 1.54) is 32.2 Å². The summed E-state index contributed by atoms with van der Waals surface area (Å²) in [6.45, 7) is 1.88. The van der Waals surface area contributed by atoms with Gasteiger partial charge in [-0.15, -0.1) is 0 Å². The van der Waals surface area contributed by atoms with Crippen LogP contribution >= 0.6 is 0 Å². The van der Waals surface area contributed by atoms with Gasteiger partial charge >= 0.3 is 5.97 Å². The Morgan fingerprint density at radius 2 is 2.18 bits per heavy atom. The minimum absolute atomic E-state index is 0.288. The number of carbonyl (C=O) groups excluding carboxylic acids is 1. The van der Waals surface area contributed by atoms with Crippen LogP contribution in [-0.2, 0) is 26.0 Å². The third-order valence-electron chi connectivity index (χ3n) is 3.35. The lowest BCUT2D eigenvalue weighted by Gasteiger charge is -2.28. The molecular formula is C14H18NO6S-. The number of rotatable bonds is 7. The van der Waals surface area contributed by atoms with Crippen LogP contribution in [0.4, 0.5) is 0 Å². The van der Waals surface area contributed by atoms with Gasteiger partial charge in [-0.25, -0.2) is 9.00 Å². The molecule has 0 aromatic heterocycles. The molecular weight excluding hydrogens is 310 g/mol. The van der Waals surface area contributed by atoms with Gasteiger partial charge in [0.2, 0.25) is 0 Å². The molecule has 2 N–H and O–H groups in total. The fourth-order valence-electron chi connectivity index (χ4n) is 1.98. The minimum atomic E-state index is -2.78. The van der Waals surface area contributed by atoms with Crippen molar-refractivity contribution in [2.45, 2.75) is 25.5 Å². The van der Waals surface area contributed by atoms with E-state index < -0.39 is 23.1 Å². The summed E-state index contributed by atoms with van der Waals surface area (Å²) >= 11 is -2.78. The van der Waals surface area contributed by atoms with Crippen molar-refractivity contribution in [3.8, 4) is 5.75 Å². The maximum atomic E-state index is 11.6. The van der Waals surface area contributed by atoms with Crippen molar-refractivity contribution in [3.05, 3.63) is 29.3 Å². The molecule has 22 heavy (non-hydrogen) atoms. The smallest absolute Gasteiger partial charge is 0.337 e. The van der Waals surface area contributed by atoms with Crippen molar-refractivity contribution in [1.82, 2.24) is 0 Å². The van der Waals surface area contributed by atoms with Crippen LogP contribution < -0.4 is 10.5 Å². The van der Waals surface area contributed by atoms with Crippen LogP contribution in [0.2, 0.25) is 0 Å². The molecule has 0 amide bonds. The van der Waals surface area contributed by atoms with Crippen LogP contribution in [0.5, 0.6) is 5.75 Å². The number of hydrogen-bond acceptors (Lipinski definition) is 7. The molecule has 2 rings (SSSR count). The molecule has 2 atom stereocenters. The Balaban J connectivity index is 2.32. The van der Waals surface area contributed by atoms with Gasteiger partial charge in [-0.05, 0) is 37.8 Å². The van der Waals surface area contributed by atoms with Gasteiger partial charge in [-0.3, -0.25) is 9.92 Å². The molecule has 0 heterocycles. The molecule has 122 valence electrons. The Morgan fingerprint density at radius 3 is 2.73 bits per heavy atom. The molecule has 0 radical (unpaired) electrons. The number of nitrogens with two attached hydrogens (primary N) is 1. The Labute approximate surface area is 131 Å². The molecule has 1 aromatic rings. The van der Waals surface area contributed by atoms with Gasteiger partial charge in [0.15, 0.2) is 5.72 Å². The van der Waals surface area contributed by atoms with E-state index >= 15 is 0 Å². The summed E-state index contributed by atoms with van der Waals surface area (Å²) in [5.74, 6) is 0.272. The predicted molar refractivity (Wildman–Crippen MR) is 77.5 cm³/mol. The highest BCUT2D eigenvalue weighted by atomic mass is 32.2. The second-order valence-corrected chi connectivity index (χ2v) is 5.93. The van der Waals surface area contributed by atoms with Gasteiger partial charge in [-0.2, -0.15) is 0 Å². The molecule has 1 saturated carbocycles. The molecule has 1 fully saturated rings. The molecule has 0 saturated heterocycles. The second kappa shape index (κ2) is 6.74. The van der Waals surface area contributed by atoms with Crippen LogP contribution in [-0.4, -0.2) is 28.4 Å². The van der Waals surface area contributed by atoms with Crippen LogP contribution in [0, 0.1) is 5.92 Å². The van der Waals surface area contributed by atoms with Gasteiger partial charge in [0.05, 0.1) is 30.6 Å². The van der Waals surface area contributed by atoms with E-state index in [0.29, 0.717) is 23.8 Å². The summed E-state index contributed by atoms with van der Waals surface area (Å²) in [7, 11) is 1.28. The fraction of sp³-hybridized carbons (Fsp3) is 0.500. The lowest BCUT2D eigenvalue weighted by Crippen LogP contribution is -2.37. The first-order chi connectivity index (χ1) is 10.3. The topological polar surface area (TPSA) is 111 Å². The summed E-state index contributed by atoms with van der Waals surface area (Å²) in [5, 5.41) is 0. The van der Waals surface area contributed by atoms with Crippen LogP contribution in [0.3, 0.4) is 0 Å². The van der Waals surface area contributed by atoms with Crippen molar-refractivity contribution in [2.75, 3.05) is 13.7 Å². The lowest BCUT2D eigenvalue weighted by molar-refractivity contribution is 0.0598. The van der Waals surface area contributed by atoms with Gasteiger partial charge in [-0.1, -0.05) is 6.07 Å². The van der Waals surface area contributed by atoms with E-state index in [9.17, 15) is 13.6 Å². The summed E-state index contributed by atoms with van der Waals surface area (Å²) < 4.78 is 36.6. The van der Waals surface area contributed by atoms with Gasteiger partial charge in [0.1, 0.15) is 5.75 Å². The van der Waals surface area contributed by atoms with Crippen molar-refractivity contribution in [2.24, 2.45) is 11.7 Å². The summed E-state index contributed by atoms with van der Waals surface area (Å²) in [5.41, 5.74) is 4.94. The molecule has 1 aromatic carbocycles. The third kappa shape index (κ3) is 4.26. The SMILES string of the molecule is COC(=O)c1ccc(C(C)(N)OS(=O)[O-])c(OCC2CC2)c1. The summed E-state index contributed by atoms with van der Waals surface area (Å²) in [6.07, 6.45) is 2.18. The molecule has 1 aliphatic rings. The quantitative estimate of drug-likeness (QED) is 0.455. The van der Waals surface area contributed by atoms with Gasteiger partial charge in [0.25, 0.3) is 0 Å². The van der Waals surface area contributed by atoms with Crippen LogP contribution in [0.1, 0.15) is 35.7 Å². The highest BCUT2D eigenvalue weighted by Crippen LogP contribution is 2.34. The highest BCUT2D eigenvalue weighted by Gasteiger charge is 2.29. The van der Waals surface area contributed by atoms with Gasteiger partial charge in [0, 0.05) is 5.56 Å².